The van der Waals surface area contributed by atoms with Crippen molar-refractivity contribution in [3.63, 3.8) is 0 Å². The van der Waals surface area contributed by atoms with Gasteiger partial charge in [-0.3, -0.25) is 4.79 Å². The summed E-state index contributed by atoms with van der Waals surface area (Å²) >= 11 is 6.15. The molecule has 1 atom stereocenters. The Morgan fingerprint density at radius 1 is 1.58 bits per heavy atom. The summed E-state index contributed by atoms with van der Waals surface area (Å²) in [4.78, 5) is 11.1. The molecule has 0 aromatic heterocycles. The molecule has 1 aliphatic carbocycles. The average Bonchev–Trinajstić information content (AvgIpc) is 2.27. The number of carboxylic acids is 1. The Morgan fingerprint density at radius 2 is 2.26 bits per heavy atom. The Hall–Kier alpha value is -1.26. The molecule has 1 unspecified atom stereocenters. The highest BCUT2D eigenvalue weighted by Gasteiger charge is 2.24. The Labute approximate surface area is 117 Å². The van der Waals surface area contributed by atoms with E-state index in [1.807, 2.05) is 6.92 Å². The van der Waals surface area contributed by atoms with Gasteiger partial charge < -0.3 is 15.6 Å². The van der Waals surface area contributed by atoms with E-state index in [1.165, 1.54) is 6.42 Å². The third-order valence-corrected chi connectivity index (χ3v) is 3.79. The molecule has 5 heteroatoms. The standard InChI is InChI=1S/C14H18ClNO3/c1-8-5-10(12(16)14(17)18)13(11(15)6-8)19-7-9-3-2-4-9/h5-6,9,12H,2-4,7,16H2,1H3,(H,17,18). The van der Waals surface area contributed by atoms with Gasteiger partial charge in [0, 0.05) is 5.56 Å². The van der Waals surface area contributed by atoms with Crippen molar-refractivity contribution in [2.45, 2.75) is 32.2 Å². The van der Waals surface area contributed by atoms with Crippen LogP contribution in [0.3, 0.4) is 0 Å². The third-order valence-electron chi connectivity index (χ3n) is 3.51. The lowest BCUT2D eigenvalue weighted by atomic mass is 9.86. The third kappa shape index (κ3) is 3.19. The van der Waals surface area contributed by atoms with Crippen LogP contribution in [0.2, 0.25) is 5.02 Å². The van der Waals surface area contributed by atoms with Crippen molar-refractivity contribution in [2.24, 2.45) is 11.7 Å². The Bertz CT molecular complexity index is 486. The van der Waals surface area contributed by atoms with Gasteiger partial charge >= 0.3 is 5.97 Å². The molecule has 2 rings (SSSR count). The molecule has 1 saturated carbocycles. The maximum absolute atomic E-state index is 11.1. The van der Waals surface area contributed by atoms with E-state index in [1.54, 1.807) is 12.1 Å². The van der Waals surface area contributed by atoms with Gasteiger partial charge in [-0.05, 0) is 37.3 Å². The minimum Gasteiger partial charge on any atom is -0.491 e. The van der Waals surface area contributed by atoms with E-state index in [0.29, 0.717) is 28.9 Å². The van der Waals surface area contributed by atoms with E-state index in [4.69, 9.17) is 27.2 Å². The number of aliphatic carboxylic acids is 1. The van der Waals surface area contributed by atoms with Gasteiger partial charge in [-0.15, -0.1) is 0 Å². The van der Waals surface area contributed by atoms with Gasteiger partial charge in [0.2, 0.25) is 0 Å². The lowest BCUT2D eigenvalue weighted by Gasteiger charge is -2.26. The van der Waals surface area contributed by atoms with Crippen LogP contribution in [-0.2, 0) is 4.79 Å². The van der Waals surface area contributed by atoms with Crippen molar-refractivity contribution in [2.75, 3.05) is 6.61 Å². The molecule has 1 fully saturated rings. The summed E-state index contributed by atoms with van der Waals surface area (Å²) in [6.07, 6.45) is 3.55. The monoisotopic (exact) mass is 283 g/mol. The number of nitrogens with two attached hydrogens (primary N) is 1. The molecule has 1 aliphatic rings. The van der Waals surface area contributed by atoms with Gasteiger partial charge in [-0.2, -0.15) is 0 Å². The van der Waals surface area contributed by atoms with E-state index in [0.717, 1.165) is 18.4 Å². The van der Waals surface area contributed by atoms with Crippen molar-refractivity contribution in [1.82, 2.24) is 0 Å². The number of halogens is 1. The van der Waals surface area contributed by atoms with Crippen molar-refractivity contribution >= 4 is 17.6 Å². The van der Waals surface area contributed by atoms with Crippen LogP contribution in [-0.4, -0.2) is 17.7 Å². The van der Waals surface area contributed by atoms with Gasteiger partial charge in [0.05, 0.1) is 11.6 Å². The van der Waals surface area contributed by atoms with Crippen molar-refractivity contribution in [3.05, 3.63) is 28.3 Å². The highest BCUT2D eigenvalue weighted by atomic mass is 35.5. The minimum atomic E-state index is -1.12. The van der Waals surface area contributed by atoms with Gasteiger partial charge in [-0.1, -0.05) is 24.1 Å². The number of hydrogen-bond acceptors (Lipinski definition) is 3. The van der Waals surface area contributed by atoms with E-state index in [2.05, 4.69) is 0 Å². The summed E-state index contributed by atoms with van der Waals surface area (Å²) in [5.74, 6) is -0.129. The summed E-state index contributed by atoms with van der Waals surface area (Å²) in [5.41, 5.74) is 7.00. The van der Waals surface area contributed by atoms with Gasteiger partial charge in [-0.25, -0.2) is 0 Å². The normalized spacial score (nSPS) is 16.8. The molecule has 0 bridgehead atoms. The number of rotatable bonds is 5. The molecule has 0 radical (unpaired) electrons. The topological polar surface area (TPSA) is 72.5 Å². The van der Waals surface area contributed by atoms with Crippen LogP contribution in [0.4, 0.5) is 0 Å². The molecule has 0 heterocycles. The molecule has 19 heavy (non-hydrogen) atoms. The highest BCUT2D eigenvalue weighted by Crippen LogP contribution is 2.35. The van der Waals surface area contributed by atoms with E-state index in [9.17, 15) is 4.79 Å². The number of carboxylic acid groups (broad SMARTS) is 1. The van der Waals surface area contributed by atoms with Crippen LogP contribution in [0.15, 0.2) is 12.1 Å². The molecular weight excluding hydrogens is 266 g/mol. The maximum Gasteiger partial charge on any atom is 0.325 e. The van der Waals surface area contributed by atoms with E-state index < -0.39 is 12.0 Å². The molecule has 1 aromatic carbocycles. The number of hydrogen-bond donors (Lipinski definition) is 2. The Morgan fingerprint density at radius 3 is 2.79 bits per heavy atom. The SMILES string of the molecule is Cc1cc(Cl)c(OCC2CCC2)c(C(N)C(=O)O)c1. The minimum absolute atomic E-state index is 0.411. The van der Waals surface area contributed by atoms with E-state index in [-0.39, 0.29) is 0 Å². The van der Waals surface area contributed by atoms with E-state index >= 15 is 0 Å². The molecule has 4 nitrogen and oxygen atoms in total. The van der Waals surface area contributed by atoms with Crippen LogP contribution in [0.5, 0.6) is 5.75 Å². The first-order valence-electron chi connectivity index (χ1n) is 6.40. The lowest BCUT2D eigenvalue weighted by Crippen LogP contribution is -2.24. The summed E-state index contributed by atoms with van der Waals surface area (Å²) in [6, 6.07) is 2.37. The fourth-order valence-corrected chi connectivity index (χ4v) is 2.47. The predicted octanol–water partition coefficient (Wildman–Crippen LogP) is 2.91. The van der Waals surface area contributed by atoms with Crippen molar-refractivity contribution in [3.8, 4) is 5.75 Å². The highest BCUT2D eigenvalue weighted by molar-refractivity contribution is 6.32. The largest absolute Gasteiger partial charge is 0.491 e. The summed E-state index contributed by atoms with van der Waals surface area (Å²) in [7, 11) is 0. The van der Waals surface area contributed by atoms with Gasteiger partial charge in [0.25, 0.3) is 0 Å². The fourth-order valence-electron chi connectivity index (χ4n) is 2.13. The number of carbonyl (C=O) groups is 1. The van der Waals surface area contributed by atoms with Crippen LogP contribution in [0, 0.1) is 12.8 Å². The summed E-state index contributed by atoms with van der Waals surface area (Å²) in [5, 5.41) is 9.48. The molecule has 104 valence electrons. The average molecular weight is 284 g/mol. The molecule has 3 N–H and O–H groups in total. The summed E-state index contributed by atoms with van der Waals surface area (Å²) < 4.78 is 5.72. The zero-order valence-corrected chi connectivity index (χ0v) is 11.6. The first kappa shape index (κ1) is 14.2. The van der Waals surface area contributed by atoms with Gasteiger partial charge in [0.15, 0.2) is 0 Å². The molecule has 0 aliphatic heterocycles. The maximum atomic E-state index is 11.1. The van der Waals surface area contributed by atoms with Crippen molar-refractivity contribution < 1.29 is 14.6 Å². The number of benzene rings is 1. The predicted molar refractivity (Wildman–Crippen MR) is 73.6 cm³/mol. The van der Waals surface area contributed by atoms with Crippen LogP contribution in [0.25, 0.3) is 0 Å². The van der Waals surface area contributed by atoms with Crippen molar-refractivity contribution in [1.29, 1.82) is 0 Å². The van der Waals surface area contributed by atoms with Crippen LogP contribution in [0.1, 0.15) is 36.4 Å². The first-order chi connectivity index (χ1) is 8.99. The lowest BCUT2D eigenvalue weighted by molar-refractivity contribution is -0.138. The first-order valence-corrected chi connectivity index (χ1v) is 6.78. The van der Waals surface area contributed by atoms with Gasteiger partial charge in [0.1, 0.15) is 11.8 Å². The number of aryl methyl sites for hydroxylation is 1. The summed E-state index contributed by atoms with van der Waals surface area (Å²) in [6.45, 7) is 2.42. The zero-order chi connectivity index (χ0) is 14.0. The molecule has 0 saturated heterocycles. The molecular formula is C14H18ClNO3. The van der Waals surface area contributed by atoms with Crippen LogP contribution >= 0.6 is 11.6 Å². The smallest absolute Gasteiger partial charge is 0.325 e. The zero-order valence-electron chi connectivity index (χ0n) is 10.9. The molecule has 0 amide bonds. The second-order valence-electron chi connectivity index (χ2n) is 5.09. The number of ether oxygens (including phenoxy) is 1. The quantitative estimate of drug-likeness (QED) is 0.871. The molecule has 0 spiro atoms. The Balaban J connectivity index is 2.24. The molecule has 1 aromatic rings. The fraction of sp³-hybridized carbons (Fsp3) is 0.500. The Kier molecular flexibility index (Phi) is 4.32. The second kappa shape index (κ2) is 5.80. The second-order valence-corrected chi connectivity index (χ2v) is 5.50. The van der Waals surface area contributed by atoms with Crippen LogP contribution < -0.4 is 10.5 Å².